The summed E-state index contributed by atoms with van der Waals surface area (Å²) in [5, 5.41) is 0. The Morgan fingerprint density at radius 2 is 1.95 bits per heavy atom. The Morgan fingerprint density at radius 3 is 2.70 bits per heavy atom. The van der Waals surface area contributed by atoms with E-state index in [1.165, 1.54) is 31.2 Å². The van der Waals surface area contributed by atoms with E-state index in [0.717, 1.165) is 31.1 Å². The van der Waals surface area contributed by atoms with Crippen molar-refractivity contribution in [3.05, 3.63) is 29.8 Å². The molecule has 2 rings (SSSR count). The van der Waals surface area contributed by atoms with Gasteiger partial charge in [-0.05, 0) is 43.2 Å². The molecule has 3 atom stereocenters. The van der Waals surface area contributed by atoms with Crippen LogP contribution in [0.5, 0.6) is 5.75 Å². The zero-order valence-corrected chi connectivity index (χ0v) is 13.0. The van der Waals surface area contributed by atoms with Crippen molar-refractivity contribution in [3.8, 4) is 5.75 Å². The molecule has 1 fully saturated rings. The monoisotopic (exact) mass is 275 g/mol. The predicted molar refractivity (Wildman–Crippen MR) is 85.2 cm³/mol. The van der Waals surface area contributed by atoms with Crippen molar-refractivity contribution in [3.63, 3.8) is 0 Å². The van der Waals surface area contributed by atoms with E-state index in [-0.39, 0.29) is 6.04 Å². The highest BCUT2D eigenvalue weighted by Crippen LogP contribution is 2.40. The molecule has 20 heavy (non-hydrogen) atoms. The third-order valence-electron chi connectivity index (χ3n) is 4.49. The van der Waals surface area contributed by atoms with Gasteiger partial charge < -0.3 is 10.5 Å². The molecule has 0 aliphatic heterocycles. The Bertz CT molecular complexity index is 404. The van der Waals surface area contributed by atoms with Gasteiger partial charge in [-0.2, -0.15) is 0 Å². The molecule has 1 aliphatic carbocycles. The Balaban J connectivity index is 2.15. The molecule has 2 nitrogen and oxygen atoms in total. The number of nitrogens with two attached hydrogens (primary N) is 1. The fourth-order valence-electron chi connectivity index (χ4n) is 3.44. The van der Waals surface area contributed by atoms with Crippen LogP contribution in [0, 0.1) is 5.92 Å². The third kappa shape index (κ3) is 3.76. The van der Waals surface area contributed by atoms with E-state index in [0.29, 0.717) is 5.92 Å². The van der Waals surface area contributed by atoms with E-state index >= 15 is 0 Å². The SMILES string of the molecule is CCCOc1ccccc1C1CC(CCC)CCC1N. The first kappa shape index (κ1) is 15.4. The van der Waals surface area contributed by atoms with Crippen LogP contribution in [-0.4, -0.2) is 12.6 Å². The summed E-state index contributed by atoms with van der Waals surface area (Å²) in [5.41, 5.74) is 7.74. The molecule has 0 heterocycles. The number of hydrogen-bond acceptors (Lipinski definition) is 2. The fraction of sp³-hybridized carbons (Fsp3) is 0.667. The van der Waals surface area contributed by atoms with Crippen LogP contribution in [-0.2, 0) is 0 Å². The molecular weight excluding hydrogens is 246 g/mol. The van der Waals surface area contributed by atoms with E-state index in [2.05, 4.69) is 38.1 Å². The number of para-hydroxylation sites is 1. The Hall–Kier alpha value is -1.02. The summed E-state index contributed by atoms with van der Waals surface area (Å²) in [4.78, 5) is 0. The smallest absolute Gasteiger partial charge is 0.122 e. The third-order valence-corrected chi connectivity index (χ3v) is 4.49. The van der Waals surface area contributed by atoms with Crippen LogP contribution >= 0.6 is 0 Å². The summed E-state index contributed by atoms with van der Waals surface area (Å²) in [6.07, 6.45) is 7.33. The van der Waals surface area contributed by atoms with Crippen LogP contribution < -0.4 is 10.5 Å². The van der Waals surface area contributed by atoms with Crippen LogP contribution in [0.1, 0.15) is 63.9 Å². The lowest BCUT2D eigenvalue weighted by Gasteiger charge is -2.35. The van der Waals surface area contributed by atoms with Crippen molar-refractivity contribution in [2.24, 2.45) is 11.7 Å². The van der Waals surface area contributed by atoms with E-state index in [1.807, 2.05) is 0 Å². The summed E-state index contributed by atoms with van der Waals surface area (Å²) in [6, 6.07) is 8.77. The van der Waals surface area contributed by atoms with Gasteiger partial charge in [0, 0.05) is 12.0 Å². The number of hydrogen-bond donors (Lipinski definition) is 1. The molecule has 0 radical (unpaired) electrons. The molecule has 1 aromatic rings. The van der Waals surface area contributed by atoms with Crippen LogP contribution in [0.2, 0.25) is 0 Å². The van der Waals surface area contributed by atoms with Gasteiger partial charge in [0.2, 0.25) is 0 Å². The summed E-state index contributed by atoms with van der Waals surface area (Å²) in [6.45, 7) is 5.21. The zero-order valence-electron chi connectivity index (χ0n) is 13.0. The average molecular weight is 275 g/mol. The lowest BCUT2D eigenvalue weighted by molar-refractivity contribution is 0.262. The lowest BCUT2D eigenvalue weighted by Crippen LogP contribution is -2.34. The highest BCUT2D eigenvalue weighted by Gasteiger charge is 2.30. The van der Waals surface area contributed by atoms with Crippen molar-refractivity contribution in [2.45, 2.75) is 64.3 Å². The van der Waals surface area contributed by atoms with Gasteiger partial charge >= 0.3 is 0 Å². The van der Waals surface area contributed by atoms with Crippen LogP contribution in [0.15, 0.2) is 24.3 Å². The normalized spacial score (nSPS) is 26.4. The molecule has 2 heteroatoms. The van der Waals surface area contributed by atoms with E-state index in [1.54, 1.807) is 0 Å². The van der Waals surface area contributed by atoms with E-state index in [9.17, 15) is 0 Å². The topological polar surface area (TPSA) is 35.2 Å². The molecule has 112 valence electrons. The molecular formula is C18H29NO. The van der Waals surface area contributed by atoms with Crippen LogP contribution in [0.25, 0.3) is 0 Å². The maximum Gasteiger partial charge on any atom is 0.122 e. The van der Waals surface area contributed by atoms with Gasteiger partial charge in [0.15, 0.2) is 0 Å². The number of benzene rings is 1. The molecule has 1 saturated carbocycles. The number of ether oxygens (including phenoxy) is 1. The van der Waals surface area contributed by atoms with Crippen molar-refractivity contribution in [2.75, 3.05) is 6.61 Å². The fourth-order valence-corrected chi connectivity index (χ4v) is 3.44. The Kier molecular flexibility index (Phi) is 5.90. The van der Waals surface area contributed by atoms with Gasteiger partial charge in [-0.25, -0.2) is 0 Å². The van der Waals surface area contributed by atoms with Crippen LogP contribution in [0.3, 0.4) is 0 Å². The quantitative estimate of drug-likeness (QED) is 0.830. The molecule has 0 spiro atoms. The van der Waals surface area contributed by atoms with E-state index < -0.39 is 0 Å². The lowest BCUT2D eigenvalue weighted by atomic mass is 9.73. The minimum Gasteiger partial charge on any atom is -0.493 e. The largest absolute Gasteiger partial charge is 0.493 e. The van der Waals surface area contributed by atoms with Crippen molar-refractivity contribution in [1.29, 1.82) is 0 Å². The highest BCUT2D eigenvalue weighted by atomic mass is 16.5. The molecule has 0 bridgehead atoms. The van der Waals surface area contributed by atoms with Crippen molar-refractivity contribution < 1.29 is 4.74 Å². The molecule has 1 aromatic carbocycles. The van der Waals surface area contributed by atoms with Gasteiger partial charge in [-0.15, -0.1) is 0 Å². The maximum atomic E-state index is 6.41. The minimum absolute atomic E-state index is 0.287. The molecule has 1 aliphatic rings. The Morgan fingerprint density at radius 1 is 1.15 bits per heavy atom. The maximum absolute atomic E-state index is 6.41. The molecule has 3 unspecified atom stereocenters. The summed E-state index contributed by atoms with van der Waals surface area (Å²) in [5.74, 6) is 2.35. The summed E-state index contributed by atoms with van der Waals surface area (Å²) >= 11 is 0. The molecule has 2 N–H and O–H groups in total. The second-order valence-electron chi connectivity index (χ2n) is 6.12. The minimum atomic E-state index is 0.287. The second-order valence-corrected chi connectivity index (χ2v) is 6.12. The summed E-state index contributed by atoms with van der Waals surface area (Å²) < 4.78 is 5.93. The highest BCUT2D eigenvalue weighted by molar-refractivity contribution is 5.37. The van der Waals surface area contributed by atoms with Gasteiger partial charge in [0.05, 0.1) is 6.61 Å². The second kappa shape index (κ2) is 7.68. The molecule has 0 amide bonds. The van der Waals surface area contributed by atoms with Crippen molar-refractivity contribution in [1.82, 2.24) is 0 Å². The van der Waals surface area contributed by atoms with Crippen LogP contribution in [0.4, 0.5) is 0 Å². The van der Waals surface area contributed by atoms with Gasteiger partial charge in [0.1, 0.15) is 5.75 Å². The summed E-state index contributed by atoms with van der Waals surface area (Å²) in [7, 11) is 0. The van der Waals surface area contributed by atoms with E-state index in [4.69, 9.17) is 10.5 Å². The first-order valence-corrected chi connectivity index (χ1v) is 8.23. The first-order valence-electron chi connectivity index (χ1n) is 8.23. The first-order chi connectivity index (χ1) is 9.76. The average Bonchev–Trinajstić information content (AvgIpc) is 2.48. The van der Waals surface area contributed by atoms with Crippen molar-refractivity contribution >= 4 is 0 Å². The predicted octanol–water partition coefficient (Wildman–Crippen LogP) is 4.49. The zero-order chi connectivity index (χ0) is 14.4. The van der Waals surface area contributed by atoms with Gasteiger partial charge in [-0.1, -0.05) is 44.9 Å². The van der Waals surface area contributed by atoms with Gasteiger partial charge in [-0.3, -0.25) is 0 Å². The standard InChI is InChI=1S/C18H29NO/c1-3-7-14-10-11-17(19)16(13-14)15-8-5-6-9-18(15)20-12-4-2/h5-6,8-9,14,16-17H,3-4,7,10-13,19H2,1-2H3. The molecule has 0 aromatic heterocycles. The number of rotatable bonds is 6. The molecule has 0 saturated heterocycles. The Labute approximate surface area is 123 Å². The van der Waals surface area contributed by atoms with Gasteiger partial charge in [0.25, 0.3) is 0 Å².